The summed E-state index contributed by atoms with van der Waals surface area (Å²) < 4.78 is 35.7. The lowest BCUT2D eigenvalue weighted by Crippen LogP contribution is -2.41. The average Bonchev–Trinajstić information content (AvgIpc) is 3.02. The molecule has 1 aliphatic heterocycles. The maximum absolute atomic E-state index is 11.3. The molecule has 8 nitrogen and oxygen atoms in total. The molecule has 1 aromatic rings. The largest absolute Gasteiger partial charge is 0.454 e. The lowest BCUT2D eigenvalue weighted by atomic mass is 10.2. The molecule has 0 spiro atoms. The number of nitrogens with zero attached hydrogens (tertiary/aromatic N) is 1. The Morgan fingerprint density at radius 1 is 1.21 bits per heavy atom. The van der Waals surface area contributed by atoms with E-state index in [1.54, 1.807) is 14.0 Å². The molecule has 0 bridgehead atoms. The van der Waals surface area contributed by atoms with Crippen LogP contribution in [0.15, 0.2) is 23.2 Å². The van der Waals surface area contributed by atoms with Crippen molar-refractivity contribution in [2.75, 3.05) is 32.7 Å². The Morgan fingerprint density at radius 2 is 1.96 bits per heavy atom. The first kappa shape index (κ1) is 20.8. The second-order valence-corrected chi connectivity index (χ2v) is 6.93. The third kappa shape index (κ3) is 6.32. The molecule has 0 fully saturated rings. The van der Waals surface area contributed by atoms with Gasteiger partial charge in [0, 0.05) is 26.7 Å². The summed E-state index contributed by atoms with van der Waals surface area (Å²) in [6, 6.07) is 5.73. The smallest absolute Gasteiger partial charge is 0.231 e. The van der Waals surface area contributed by atoms with Crippen LogP contribution >= 0.6 is 24.0 Å². The van der Waals surface area contributed by atoms with E-state index in [1.807, 2.05) is 18.2 Å². The van der Waals surface area contributed by atoms with Gasteiger partial charge in [-0.3, -0.25) is 4.99 Å². The van der Waals surface area contributed by atoms with Crippen LogP contribution in [0, 0.1) is 0 Å². The van der Waals surface area contributed by atoms with Crippen molar-refractivity contribution in [1.82, 2.24) is 15.4 Å². The van der Waals surface area contributed by atoms with E-state index in [-0.39, 0.29) is 36.5 Å². The van der Waals surface area contributed by atoms with Crippen LogP contribution in [0.5, 0.6) is 11.5 Å². The van der Waals surface area contributed by atoms with E-state index in [1.165, 1.54) is 0 Å². The van der Waals surface area contributed by atoms with Gasteiger partial charge in [0.15, 0.2) is 17.5 Å². The predicted molar refractivity (Wildman–Crippen MR) is 104 cm³/mol. The Kier molecular flexibility index (Phi) is 8.56. The highest BCUT2D eigenvalue weighted by atomic mass is 127. The Bertz CT molecular complexity index is 667. The average molecular weight is 470 g/mol. The van der Waals surface area contributed by atoms with E-state index in [4.69, 9.17) is 9.47 Å². The van der Waals surface area contributed by atoms with Crippen LogP contribution in [-0.2, 0) is 16.6 Å². The summed E-state index contributed by atoms with van der Waals surface area (Å²) in [5, 5.41) is 6.20. The summed E-state index contributed by atoms with van der Waals surface area (Å²) in [4.78, 5) is 4.09. The van der Waals surface area contributed by atoms with Crippen molar-refractivity contribution < 1.29 is 17.9 Å². The number of hydrogen-bond donors (Lipinski definition) is 3. The molecule has 1 heterocycles. The fraction of sp³-hybridized carbons (Fsp3) is 0.500. The zero-order valence-electron chi connectivity index (χ0n) is 13.7. The van der Waals surface area contributed by atoms with Gasteiger partial charge in [0.1, 0.15) is 0 Å². The molecule has 1 aliphatic rings. The van der Waals surface area contributed by atoms with Gasteiger partial charge >= 0.3 is 0 Å². The molecular formula is C14H23IN4O4S. The third-order valence-corrected chi connectivity index (χ3v) is 4.64. The van der Waals surface area contributed by atoms with E-state index in [0.717, 1.165) is 17.1 Å². The number of hydrogen-bond acceptors (Lipinski definition) is 5. The van der Waals surface area contributed by atoms with Crippen LogP contribution in [0.2, 0.25) is 0 Å². The molecule has 0 aromatic heterocycles. The molecule has 136 valence electrons. The molecule has 0 saturated heterocycles. The predicted octanol–water partition coefficient (Wildman–Crippen LogP) is 0.638. The molecule has 24 heavy (non-hydrogen) atoms. The van der Waals surface area contributed by atoms with Gasteiger partial charge in [0.2, 0.25) is 16.8 Å². The number of halogens is 1. The van der Waals surface area contributed by atoms with Gasteiger partial charge in [-0.05, 0) is 24.6 Å². The van der Waals surface area contributed by atoms with E-state index < -0.39 is 10.0 Å². The van der Waals surface area contributed by atoms with E-state index in [0.29, 0.717) is 25.6 Å². The molecule has 0 aliphatic carbocycles. The molecule has 1 aromatic carbocycles. The van der Waals surface area contributed by atoms with Crippen LogP contribution in [-0.4, -0.2) is 47.1 Å². The Balaban J connectivity index is 0.00000288. The summed E-state index contributed by atoms with van der Waals surface area (Å²) in [6.45, 7) is 3.17. The number of rotatable bonds is 7. The van der Waals surface area contributed by atoms with Gasteiger partial charge < -0.3 is 20.1 Å². The Morgan fingerprint density at radius 3 is 2.67 bits per heavy atom. The SMILES string of the molecule is CCS(=O)(=O)NCCNC(=NC)NCc1ccc2c(c1)OCO2.I. The van der Waals surface area contributed by atoms with Crippen molar-refractivity contribution in [3.63, 3.8) is 0 Å². The minimum atomic E-state index is -3.16. The Labute approximate surface area is 159 Å². The second-order valence-electron chi connectivity index (χ2n) is 4.84. The van der Waals surface area contributed by atoms with Crippen molar-refractivity contribution in [1.29, 1.82) is 0 Å². The zero-order valence-corrected chi connectivity index (χ0v) is 16.8. The van der Waals surface area contributed by atoms with Gasteiger partial charge in [-0.25, -0.2) is 13.1 Å². The van der Waals surface area contributed by atoms with Crippen molar-refractivity contribution >= 4 is 40.0 Å². The van der Waals surface area contributed by atoms with E-state index in [2.05, 4.69) is 20.3 Å². The number of sulfonamides is 1. The van der Waals surface area contributed by atoms with Crippen molar-refractivity contribution in [2.45, 2.75) is 13.5 Å². The molecule has 2 rings (SSSR count). The lowest BCUT2D eigenvalue weighted by Gasteiger charge is -2.12. The van der Waals surface area contributed by atoms with Crippen LogP contribution in [0.1, 0.15) is 12.5 Å². The number of guanidine groups is 1. The van der Waals surface area contributed by atoms with Crippen molar-refractivity contribution in [2.24, 2.45) is 4.99 Å². The summed E-state index contributed by atoms with van der Waals surface area (Å²) in [7, 11) is -1.50. The monoisotopic (exact) mass is 470 g/mol. The summed E-state index contributed by atoms with van der Waals surface area (Å²) in [6.07, 6.45) is 0. The standard InChI is InChI=1S/C14H22N4O4S.HI/c1-3-23(19,20)18-7-6-16-14(15-2)17-9-11-4-5-12-13(8-11)22-10-21-12;/h4-5,8,18H,3,6-7,9-10H2,1-2H3,(H2,15,16,17);1H. The fourth-order valence-electron chi connectivity index (χ4n) is 1.95. The molecule has 3 N–H and O–H groups in total. The van der Waals surface area contributed by atoms with Crippen molar-refractivity contribution in [3.05, 3.63) is 23.8 Å². The Hall–Kier alpha value is -1.27. The van der Waals surface area contributed by atoms with Gasteiger partial charge in [-0.15, -0.1) is 24.0 Å². The van der Waals surface area contributed by atoms with Crippen LogP contribution in [0.25, 0.3) is 0 Å². The minimum absolute atomic E-state index is 0. The van der Waals surface area contributed by atoms with Crippen LogP contribution < -0.4 is 24.8 Å². The minimum Gasteiger partial charge on any atom is -0.454 e. The molecule has 0 atom stereocenters. The first-order chi connectivity index (χ1) is 11.0. The normalized spacial score (nSPS) is 13.3. The second kappa shape index (κ2) is 9.89. The maximum Gasteiger partial charge on any atom is 0.231 e. The molecular weight excluding hydrogens is 447 g/mol. The lowest BCUT2D eigenvalue weighted by molar-refractivity contribution is 0.174. The number of nitrogens with one attached hydrogen (secondary N) is 3. The van der Waals surface area contributed by atoms with Gasteiger partial charge in [-0.2, -0.15) is 0 Å². The van der Waals surface area contributed by atoms with Crippen LogP contribution in [0.3, 0.4) is 0 Å². The molecule has 10 heteroatoms. The third-order valence-electron chi connectivity index (χ3n) is 3.24. The first-order valence-corrected chi connectivity index (χ1v) is 8.99. The molecule has 0 amide bonds. The van der Waals surface area contributed by atoms with E-state index >= 15 is 0 Å². The molecule has 0 unspecified atom stereocenters. The topological polar surface area (TPSA) is 101 Å². The molecule has 0 saturated carbocycles. The maximum atomic E-state index is 11.3. The molecule has 0 radical (unpaired) electrons. The first-order valence-electron chi connectivity index (χ1n) is 7.34. The highest BCUT2D eigenvalue weighted by Crippen LogP contribution is 2.32. The number of aliphatic imine (C=N–C) groups is 1. The van der Waals surface area contributed by atoms with Crippen LogP contribution in [0.4, 0.5) is 0 Å². The van der Waals surface area contributed by atoms with Crippen molar-refractivity contribution in [3.8, 4) is 11.5 Å². The summed E-state index contributed by atoms with van der Waals surface area (Å²) >= 11 is 0. The zero-order chi connectivity index (χ0) is 16.7. The number of fused-ring (bicyclic) bond motifs is 1. The summed E-state index contributed by atoms with van der Waals surface area (Å²) in [5.41, 5.74) is 1.03. The quantitative estimate of drug-likeness (QED) is 0.234. The fourth-order valence-corrected chi connectivity index (χ4v) is 2.56. The summed E-state index contributed by atoms with van der Waals surface area (Å²) in [5.74, 6) is 2.16. The highest BCUT2D eigenvalue weighted by Gasteiger charge is 2.13. The van der Waals surface area contributed by atoms with Gasteiger partial charge in [0.05, 0.1) is 5.75 Å². The van der Waals surface area contributed by atoms with Gasteiger partial charge in [-0.1, -0.05) is 6.07 Å². The number of benzene rings is 1. The van der Waals surface area contributed by atoms with E-state index in [9.17, 15) is 8.42 Å². The van der Waals surface area contributed by atoms with Gasteiger partial charge in [0.25, 0.3) is 0 Å². The number of ether oxygens (including phenoxy) is 2. The highest BCUT2D eigenvalue weighted by molar-refractivity contribution is 14.0.